The van der Waals surface area contributed by atoms with Crippen molar-refractivity contribution in [2.75, 3.05) is 26.3 Å². The third-order valence-corrected chi connectivity index (χ3v) is 4.67. The lowest BCUT2D eigenvalue weighted by Gasteiger charge is -2.28. The minimum atomic E-state index is -0.199. The van der Waals surface area contributed by atoms with Crippen LogP contribution in [0.4, 0.5) is 0 Å². The summed E-state index contributed by atoms with van der Waals surface area (Å²) >= 11 is 0. The van der Waals surface area contributed by atoms with Crippen LogP contribution in [0.1, 0.15) is 64.2 Å². The molecule has 1 aliphatic heterocycles. The van der Waals surface area contributed by atoms with E-state index in [1.165, 1.54) is 38.5 Å². The molecule has 4 heteroatoms. The van der Waals surface area contributed by atoms with Crippen molar-refractivity contribution in [1.82, 2.24) is 4.90 Å². The molecule has 0 atom stereocenters. The van der Waals surface area contributed by atoms with Crippen LogP contribution >= 0.6 is 0 Å². The van der Waals surface area contributed by atoms with Gasteiger partial charge in [-0.25, -0.2) is 0 Å². The van der Waals surface area contributed by atoms with Gasteiger partial charge in [-0.3, -0.25) is 4.79 Å². The minimum absolute atomic E-state index is 0.143. The van der Waals surface area contributed by atoms with Gasteiger partial charge in [0, 0.05) is 18.6 Å². The molecular weight excluding hydrogens is 252 g/mol. The summed E-state index contributed by atoms with van der Waals surface area (Å²) in [6.45, 7) is 2.54. The second-order valence-electron chi connectivity index (χ2n) is 6.56. The van der Waals surface area contributed by atoms with Crippen LogP contribution in [0.5, 0.6) is 0 Å². The average Bonchev–Trinajstić information content (AvgIpc) is 2.81. The first-order chi connectivity index (χ1) is 9.70. The van der Waals surface area contributed by atoms with Gasteiger partial charge in [-0.1, -0.05) is 38.5 Å². The van der Waals surface area contributed by atoms with Gasteiger partial charge in [0.15, 0.2) is 0 Å². The lowest BCUT2D eigenvalue weighted by molar-refractivity contribution is -0.136. The maximum Gasteiger partial charge on any atom is 0.248 e. The van der Waals surface area contributed by atoms with E-state index >= 15 is 0 Å². The van der Waals surface area contributed by atoms with E-state index in [0.29, 0.717) is 6.61 Å². The maximum atomic E-state index is 12.1. The Labute approximate surface area is 123 Å². The molecule has 1 heterocycles. The van der Waals surface area contributed by atoms with Crippen LogP contribution in [0.2, 0.25) is 0 Å². The summed E-state index contributed by atoms with van der Waals surface area (Å²) in [5.74, 6) is 0.143. The van der Waals surface area contributed by atoms with E-state index in [-0.39, 0.29) is 18.1 Å². The molecule has 0 spiro atoms. The fourth-order valence-corrected chi connectivity index (χ4v) is 3.33. The quantitative estimate of drug-likeness (QED) is 0.806. The summed E-state index contributed by atoms with van der Waals surface area (Å²) in [4.78, 5) is 14.1. The Hall–Kier alpha value is -0.610. The van der Waals surface area contributed by atoms with Crippen molar-refractivity contribution < 1.29 is 9.53 Å². The summed E-state index contributed by atoms with van der Waals surface area (Å²) in [5.41, 5.74) is 6.20. The van der Waals surface area contributed by atoms with Crippen LogP contribution in [-0.4, -0.2) is 42.6 Å². The van der Waals surface area contributed by atoms with Gasteiger partial charge in [-0.15, -0.1) is 0 Å². The molecular formula is C16H30N2O2. The number of carbonyl (C=O) groups is 1. The average molecular weight is 282 g/mol. The summed E-state index contributed by atoms with van der Waals surface area (Å²) in [6.07, 6.45) is 11.8. The van der Waals surface area contributed by atoms with Gasteiger partial charge in [0.1, 0.15) is 6.61 Å². The van der Waals surface area contributed by atoms with Crippen LogP contribution in [0.25, 0.3) is 0 Å². The van der Waals surface area contributed by atoms with E-state index in [1.54, 1.807) is 0 Å². The Kier molecular flexibility index (Phi) is 6.30. The number of rotatable bonds is 4. The Morgan fingerprint density at radius 2 is 1.50 bits per heavy atom. The Bertz CT molecular complexity index is 291. The standard InChI is InChI=1S/C16H30N2O2/c17-16(9-5-1-2-6-10-16)14-20-13-15(19)18-11-7-3-4-8-12-18/h1-14,17H2. The number of hydrogen-bond acceptors (Lipinski definition) is 3. The summed E-state index contributed by atoms with van der Waals surface area (Å²) in [7, 11) is 0. The molecule has 0 bridgehead atoms. The molecule has 0 aromatic carbocycles. The molecule has 0 radical (unpaired) electrons. The molecule has 2 aliphatic rings. The topological polar surface area (TPSA) is 55.6 Å². The number of nitrogens with two attached hydrogens (primary N) is 1. The first kappa shape index (κ1) is 15.8. The first-order valence-corrected chi connectivity index (χ1v) is 8.34. The van der Waals surface area contributed by atoms with Gasteiger partial charge in [-0.2, -0.15) is 0 Å². The highest BCUT2D eigenvalue weighted by Crippen LogP contribution is 2.25. The number of hydrogen-bond donors (Lipinski definition) is 1. The number of amides is 1. The largest absolute Gasteiger partial charge is 0.370 e. The zero-order valence-electron chi connectivity index (χ0n) is 12.7. The molecule has 116 valence electrons. The zero-order chi connectivity index (χ0) is 14.3. The molecule has 0 aromatic rings. The summed E-state index contributed by atoms with van der Waals surface area (Å²) in [6, 6.07) is 0. The Morgan fingerprint density at radius 1 is 0.950 bits per heavy atom. The lowest BCUT2D eigenvalue weighted by atomic mass is 9.93. The van der Waals surface area contributed by atoms with Crippen LogP contribution in [0, 0.1) is 0 Å². The highest BCUT2D eigenvalue weighted by molar-refractivity contribution is 5.77. The molecule has 2 N–H and O–H groups in total. The normalized spacial score (nSPS) is 23.9. The monoisotopic (exact) mass is 282 g/mol. The van der Waals surface area contributed by atoms with Crippen molar-refractivity contribution in [2.45, 2.75) is 69.7 Å². The second kappa shape index (κ2) is 7.99. The third kappa shape index (κ3) is 5.06. The molecule has 1 saturated carbocycles. The van der Waals surface area contributed by atoms with Crippen LogP contribution in [0.15, 0.2) is 0 Å². The maximum absolute atomic E-state index is 12.1. The van der Waals surface area contributed by atoms with E-state index in [0.717, 1.165) is 38.8 Å². The lowest BCUT2D eigenvalue weighted by Crippen LogP contribution is -2.45. The van der Waals surface area contributed by atoms with Gasteiger partial charge in [0.05, 0.1) is 6.61 Å². The predicted octanol–water partition coefficient (Wildman–Crippen LogP) is 2.46. The fourth-order valence-electron chi connectivity index (χ4n) is 3.33. The number of ether oxygens (including phenoxy) is 1. The molecule has 1 aliphatic carbocycles. The van der Waals surface area contributed by atoms with E-state index in [9.17, 15) is 4.79 Å². The summed E-state index contributed by atoms with van der Waals surface area (Å²) < 4.78 is 5.67. The molecule has 2 rings (SSSR count). The number of likely N-dealkylation sites (tertiary alicyclic amines) is 1. The highest BCUT2D eigenvalue weighted by atomic mass is 16.5. The molecule has 0 unspecified atom stereocenters. The Balaban J connectivity index is 1.69. The molecule has 1 amide bonds. The van der Waals surface area contributed by atoms with Crippen LogP contribution < -0.4 is 5.73 Å². The number of nitrogens with zero attached hydrogens (tertiary/aromatic N) is 1. The third-order valence-electron chi connectivity index (χ3n) is 4.67. The number of carbonyl (C=O) groups excluding carboxylic acids is 1. The zero-order valence-corrected chi connectivity index (χ0v) is 12.7. The molecule has 20 heavy (non-hydrogen) atoms. The van der Waals surface area contributed by atoms with Crippen molar-refractivity contribution in [1.29, 1.82) is 0 Å². The SMILES string of the molecule is NC1(COCC(=O)N2CCCCCC2)CCCCCC1. The molecule has 2 fully saturated rings. The van der Waals surface area contributed by atoms with Gasteiger partial charge < -0.3 is 15.4 Å². The van der Waals surface area contributed by atoms with E-state index in [2.05, 4.69) is 0 Å². The van der Waals surface area contributed by atoms with Crippen molar-refractivity contribution in [3.05, 3.63) is 0 Å². The second-order valence-corrected chi connectivity index (χ2v) is 6.56. The van der Waals surface area contributed by atoms with E-state index < -0.39 is 0 Å². The molecule has 1 saturated heterocycles. The predicted molar refractivity (Wildman–Crippen MR) is 80.5 cm³/mol. The summed E-state index contributed by atoms with van der Waals surface area (Å²) in [5, 5.41) is 0. The molecule has 4 nitrogen and oxygen atoms in total. The van der Waals surface area contributed by atoms with Gasteiger partial charge >= 0.3 is 0 Å². The Morgan fingerprint density at radius 3 is 2.10 bits per heavy atom. The van der Waals surface area contributed by atoms with Gasteiger partial charge in [0.2, 0.25) is 5.91 Å². The highest BCUT2D eigenvalue weighted by Gasteiger charge is 2.27. The van der Waals surface area contributed by atoms with Gasteiger partial charge in [0.25, 0.3) is 0 Å². The fraction of sp³-hybridized carbons (Fsp3) is 0.938. The van der Waals surface area contributed by atoms with Gasteiger partial charge in [-0.05, 0) is 25.7 Å². The van der Waals surface area contributed by atoms with Crippen molar-refractivity contribution in [2.24, 2.45) is 5.73 Å². The first-order valence-electron chi connectivity index (χ1n) is 8.34. The van der Waals surface area contributed by atoms with Crippen molar-refractivity contribution in [3.63, 3.8) is 0 Å². The van der Waals surface area contributed by atoms with Crippen molar-refractivity contribution in [3.8, 4) is 0 Å². The van der Waals surface area contributed by atoms with E-state index in [4.69, 9.17) is 10.5 Å². The molecule has 0 aromatic heterocycles. The minimum Gasteiger partial charge on any atom is -0.370 e. The van der Waals surface area contributed by atoms with E-state index in [1.807, 2.05) is 4.90 Å². The van der Waals surface area contributed by atoms with Crippen LogP contribution in [-0.2, 0) is 9.53 Å². The smallest absolute Gasteiger partial charge is 0.248 e. The van der Waals surface area contributed by atoms with Crippen molar-refractivity contribution >= 4 is 5.91 Å². The van der Waals surface area contributed by atoms with Crippen LogP contribution in [0.3, 0.4) is 0 Å².